The molecule has 1 rings (SSSR count). The Labute approximate surface area is 126 Å². The van der Waals surface area contributed by atoms with Gasteiger partial charge in [0.2, 0.25) is 0 Å². The first-order chi connectivity index (χ1) is 8.67. The van der Waals surface area contributed by atoms with Gasteiger partial charge in [-0.2, -0.15) is 5.10 Å². The lowest BCUT2D eigenvalue weighted by Crippen LogP contribution is -2.31. The first-order valence-corrected chi connectivity index (χ1v) is 7.15. The van der Waals surface area contributed by atoms with Crippen LogP contribution in [0.15, 0.2) is 23.3 Å². The highest BCUT2D eigenvalue weighted by molar-refractivity contribution is 14.1. The van der Waals surface area contributed by atoms with E-state index >= 15 is 0 Å². The Balaban J connectivity index is 2.60. The standard InChI is InChI=1S/C12H16IN3OS/c1-3-14-12(18)16-15-8-9-5-6-11(17-4-2)10(13)7-9/h5-8H,3-4H2,1-2H3,(H2,14,16,18). The van der Waals surface area contributed by atoms with E-state index < -0.39 is 0 Å². The van der Waals surface area contributed by atoms with Gasteiger partial charge >= 0.3 is 0 Å². The van der Waals surface area contributed by atoms with Crippen molar-refractivity contribution in [2.75, 3.05) is 13.2 Å². The molecule has 0 fully saturated rings. The van der Waals surface area contributed by atoms with E-state index in [0.717, 1.165) is 21.4 Å². The molecule has 0 bridgehead atoms. The van der Waals surface area contributed by atoms with Crippen LogP contribution >= 0.6 is 34.8 Å². The number of hydrogen-bond donors (Lipinski definition) is 2. The zero-order chi connectivity index (χ0) is 13.4. The zero-order valence-corrected chi connectivity index (χ0v) is 13.3. The van der Waals surface area contributed by atoms with Crippen LogP contribution < -0.4 is 15.5 Å². The Morgan fingerprint density at radius 3 is 2.89 bits per heavy atom. The van der Waals surface area contributed by atoms with Crippen molar-refractivity contribution in [1.29, 1.82) is 0 Å². The smallest absolute Gasteiger partial charge is 0.186 e. The second kappa shape index (κ2) is 8.25. The van der Waals surface area contributed by atoms with Crippen LogP contribution in [0.3, 0.4) is 0 Å². The van der Waals surface area contributed by atoms with Crippen molar-refractivity contribution in [2.45, 2.75) is 13.8 Å². The molecule has 0 unspecified atom stereocenters. The lowest BCUT2D eigenvalue weighted by atomic mass is 10.2. The monoisotopic (exact) mass is 377 g/mol. The predicted molar refractivity (Wildman–Crippen MR) is 87.3 cm³/mol. The normalized spacial score (nSPS) is 10.4. The molecule has 0 aromatic heterocycles. The van der Waals surface area contributed by atoms with Gasteiger partial charge in [-0.3, -0.25) is 5.43 Å². The molecule has 4 nitrogen and oxygen atoms in total. The van der Waals surface area contributed by atoms with Gasteiger partial charge in [0.05, 0.1) is 16.4 Å². The maximum Gasteiger partial charge on any atom is 0.186 e. The third-order valence-electron chi connectivity index (χ3n) is 1.97. The number of rotatable bonds is 5. The van der Waals surface area contributed by atoms with E-state index in [9.17, 15) is 0 Å². The van der Waals surface area contributed by atoms with E-state index in [2.05, 4.69) is 38.4 Å². The zero-order valence-electron chi connectivity index (χ0n) is 10.4. The number of nitrogens with one attached hydrogen (secondary N) is 2. The molecule has 0 atom stereocenters. The molecule has 18 heavy (non-hydrogen) atoms. The minimum absolute atomic E-state index is 0.523. The quantitative estimate of drug-likeness (QED) is 0.358. The first kappa shape index (κ1) is 15.2. The molecule has 0 spiro atoms. The van der Waals surface area contributed by atoms with E-state index in [1.807, 2.05) is 32.0 Å². The molecule has 1 aromatic carbocycles. The summed E-state index contributed by atoms with van der Waals surface area (Å²) in [4.78, 5) is 0. The van der Waals surface area contributed by atoms with E-state index in [1.165, 1.54) is 0 Å². The van der Waals surface area contributed by atoms with E-state index in [4.69, 9.17) is 17.0 Å². The molecule has 0 aliphatic rings. The third-order valence-corrected chi connectivity index (χ3v) is 3.05. The van der Waals surface area contributed by atoms with Gasteiger partial charge in [-0.05, 0) is 72.4 Å². The van der Waals surface area contributed by atoms with Crippen LogP contribution in [0.4, 0.5) is 0 Å². The van der Waals surface area contributed by atoms with Gasteiger partial charge in [-0.1, -0.05) is 0 Å². The Morgan fingerprint density at radius 1 is 1.50 bits per heavy atom. The molecule has 98 valence electrons. The lowest BCUT2D eigenvalue weighted by Gasteiger charge is -2.06. The Morgan fingerprint density at radius 2 is 2.28 bits per heavy atom. The molecule has 0 aliphatic carbocycles. The average molecular weight is 377 g/mol. The van der Waals surface area contributed by atoms with Gasteiger partial charge in [0.15, 0.2) is 5.11 Å². The summed E-state index contributed by atoms with van der Waals surface area (Å²) in [5.41, 5.74) is 3.74. The summed E-state index contributed by atoms with van der Waals surface area (Å²) in [6.07, 6.45) is 1.72. The van der Waals surface area contributed by atoms with Crippen LogP contribution in [-0.2, 0) is 0 Å². The maximum atomic E-state index is 5.47. The molecule has 0 saturated heterocycles. The van der Waals surface area contributed by atoms with Gasteiger partial charge in [-0.25, -0.2) is 0 Å². The molecule has 2 N–H and O–H groups in total. The summed E-state index contributed by atoms with van der Waals surface area (Å²) < 4.78 is 6.53. The highest BCUT2D eigenvalue weighted by Crippen LogP contribution is 2.21. The molecule has 0 heterocycles. The predicted octanol–water partition coefficient (Wildman–Crippen LogP) is 2.51. The molecule has 1 aromatic rings. The van der Waals surface area contributed by atoms with Crippen LogP contribution in [-0.4, -0.2) is 24.5 Å². The fraction of sp³-hybridized carbons (Fsp3) is 0.333. The summed E-state index contributed by atoms with van der Waals surface area (Å²) in [6, 6.07) is 5.90. The third kappa shape index (κ3) is 5.18. The molecular formula is C12H16IN3OS. The number of hydrogen-bond acceptors (Lipinski definition) is 3. The molecule has 0 amide bonds. The number of benzene rings is 1. The van der Waals surface area contributed by atoms with Gasteiger partial charge in [0.25, 0.3) is 0 Å². The summed E-state index contributed by atoms with van der Waals surface area (Å²) >= 11 is 7.23. The molecule has 6 heteroatoms. The van der Waals surface area contributed by atoms with Crippen LogP contribution in [0.1, 0.15) is 19.4 Å². The number of nitrogens with zero attached hydrogens (tertiary/aromatic N) is 1. The minimum atomic E-state index is 0.523. The second-order valence-electron chi connectivity index (χ2n) is 3.35. The molecule has 0 radical (unpaired) electrons. The van der Waals surface area contributed by atoms with Gasteiger partial charge in [0, 0.05) is 6.54 Å². The number of thiocarbonyl (C=S) groups is 1. The van der Waals surface area contributed by atoms with Crippen molar-refractivity contribution in [3.8, 4) is 5.75 Å². The Hall–Kier alpha value is -0.890. The summed E-state index contributed by atoms with van der Waals surface area (Å²) in [7, 11) is 0. The molecule has 0 saturated carbocycles. The fourth-order valence-electron chi connectivity index (χ4n) is 1.24. The highest BCUT2D eigenvalue weighted by atomic mass is 127. The number of halogens is 1. The summed E-state index contributed by atoms with van der Waals surface area (Å²) in [5.74, 6) is 0.895. The topological polar surface area (TPSA) is 45.7 Å². The minimum Gasteiger partial charge on any atom is -0.493 e. The van der Waals surface area contributed by atoms with Crippen LogP contribution in [0.5, 0.6) is 5.75 Å². The van der Waals surface area contributed by atoms with Crippen LogP contribution in [0.25, 0.3) is 0 Å². The van der Waals surface area contributed by atoms with E-state index in [1.54, 1.807) is 6.21 Å². The number of hydrazone groups is 1. The van der Waals surface area contributed by atoms with Crippen molar-refractivity contribution in [3.05, 3.63) is 27.3 Å². The van der Waals surface area contributed by atoms with Crippen molar-refractivity contribution in [1.82, 2.24) is 10.7 Å². The molecular weight excluding hydrogens is 361 g/mol. The summed E-state index contributed by atoms with van der Waals surface area (Å²) in [5, 5.41) is 7.53. The highest BCUT2D eigenvalue weighted by Gasteiger charge is 2.00. The summed E-state index contributed by atoms with van der Waals surface area (Å²) in [6.45, 7) is 5.40. The van der Waals surface area contributed by atoms with Crippen molar-refractivity contribution in [2.24, 2.45) is 5.10 Å². The van der Waals surface area contributed by atoms with Crippen LogP contribution in [0, 0.1) is 3.57 Å². The van der Waals surface area contributed by atoms with Crippen molar-refractivity contribution >= 4 is 46.1 Å². The molecule has 0 aliphatic heterocycles. The van der Waals surface area contributed by atoms with Gasteiger partial charge in [-0.15, -0.1) is 0 Å². The van der Waals surface area contributed by atoms with Gasteiger partial charge < -0.3 is 10.1 Å². The fourth-order valence-corrected chi connectivity index (χ4v) is 2.13. The van der Waals surface area contributed by atoms with E-state index in [0.29, 0.717) is 11.7 Å². The SMILES string of the molecule is CCNC(=S)NN=Cc1ccc(OCC)c(I)c1. The van der Waals surface area contributed by atoms with Gasteiger partial charge in [0.1, 0.15) is 5.75 Å². The average Bonchev–Trinajstić information content (AvgIpc) is 2.33. The lowest BCUT2D eigenvalue weighted by molar-refractivity contribution is 0.338. The maximum absolute atomic E-state index is 5.47. The largest absolute Gasteiger partial charge is 0.493 e. The van der Waals surface area contributed by atoms with Crippen molar-refractivity contribution < 1.29 is 4.74 Å². The van der Waals surface area contributed by atoms with Crippen molar-refractivity contribution in [3.63, 3.8) is 0 Å². The Bertz CT molecular complexity index is 437. The second-order valence-corrected chi connectivity index (χ2v) is 4.92. The van der Waals surface area contributed by atoms with E-state index in [-0.39, 0.29) is 0 Å². The first-order valence-electron chi connectivity index (χ1n) is 5.66. The number of ether oxygens (including phenoxy) is 1. The van der Waals surface area contributed by atoms with Crippen LogP contribution in [0.2, 0.25) is 0 Å². The Kier molecular flexibility index (Phi) is 6.96.